The number of nitrogen functional groups attached to an aromatic ring is 1. The second-order valence-corrected chi connectivity index (χ2v) is 8.46. The lowest BCUT2D eigenvalue weighted by Crippen LogP contribution is -2.39. The summed E-state index contributed by atoms with van der Waals surface area (Å²) >= 11 is 3.28. The zero-order chi connectivity index (χ0) is 14.9. The summed E-state index contributed by atoms with van der Waals surface area (Å²) in [6.07, 6.45) is 1.87. The van der Waals surface area contributed by atoms with Crippen LogP contribution in [0.3, 0.4) is 0 Å². The van der Waals surface area contributed by atoms with Crippen LogP contribution >= 0.6 is 15.9 Å². The molecule has 2 N–H and O–H groups in total. The Morgan fingerprint density at radius 1 is 1.30 bits per heavy atom. The summed E-state index contributed by atoms with van der Waals surface area (Å²) in [5.41, 5.74) is 6.23. The average Bonchev–Trinajstić information content (AvgIpc) is 2.41. The molecule has 1 aromatic rings. The van der Waals surface area contributed by atoms with Crippen LogP contribution in [0.25, 0.3) is 0 Å². The predicted molar refractivity (Wildman–Crippen MR) is 84.9 cm³/mol. The molecule has 0 spiro atoms. The third-order valence-electron chi connectivity index (χ3n) is 4.05. The van der Waals surface area contributed by atoms with Crippen LogP contribution in [0.1, 0.15) is 26.7 Å². The second kappa shape index (κ2) is 6.03. The summed E-state index contributed by atoms with van der Waals surface area (Å²) in [7, 11) is -3.42. The number of hydrogen-bond acceptors (Lipinski definition) is 3. The van der Waals surface area contributed by atoms with E-state index in [1.165, 1.54) is 6.07 Å². The lowest BCUT2D eigenvalue weighted by atomic mass is 9.87. The number of halogens is 1. The molecule has 1 aliphatic rings. The number of nitrogens with two attached hydrogens (primary N) is 1. The van der Waals surface area contributed by atoms with E-state index >= 15 is 0 Å². The summed E-state index contributed by atoms with van der Waals surface area (Å²) in [6.45, 7) is 5.59. The highest BCUT2D eigenvalue weighted by Gasteiger charge is 2.30. The van der Waals surface area contributed by atoms with Gasteiger partial charge in [-0.15, -0.1) is 0 Å². The molecule has 1 aromatic carbocycles. The molecule has 1 fully saturated rings. The van der Waals surface area contributed by atoms with Gasteiger partial charge in [0.25, 0.3) is 0 Å². The summed E-state index contributed by atoms with van der Waals surface area (Å²) in [4.78, 5) is 0.279. The van der Waals surface area contributed by atoms with Crippen molar-refractivity contribution < 1.29 is 8.42 Å². The lowest BCUT2D eigenvalue weighted by Gasteiger charge is -2.33. The van der Waals surface area contributed by atoms with Crippen molar-refractivity contribution >= 4 is 31.6 Å². The van der Waals surface area contributed by atoms with Crippen molar-refractivity contribution in [2.24, 2.45) is 11.8 Å². The number of sulfonamides is 1. The third kappa shape index (κ3) is 3.18. The smallest absolute Gasteiger partial charge is 0.243 e. The molecule has 0 unspecified atom stereocenters. The van der Waals surface area contributed by atoms with E-state index < -0.39 is 10.0 Å². The first kappa shape index (κ1) is 15.8. The molecule has 4 nitrogen and oxygen atoms in total. The first-order chi connectivity index (χ1) is 9.32. The number of anilines is 1. The Labute approximate surface area is 129 Å². The fourth-order valence-electron chi connectivity index (χ4n) is 2.61. The Kier molecular flexibility index (Phi) is 4.76. The Balaban J connectivity index is 2.17. The maximum atomic E-state index is 12.6. The van der Waals surface area contributed by atoms with Gasteiger partial charge in [-0.3, -0.25) is 0 Å². The molecule has 0 bridgehead atoms. The SMILES string of the molecule is CC(C)C1CCN(S(=O)(=O)c2ccc(Br)c(N)c2)CC1. The van der Waals surface area contributed by atoms with Crippen molar-refractivity contribution in [2.45, 2.75) is 31.6 Å². The number of piperidine rings is 1. The highest BCUT2D eigenvalue weighted by Crippen LogP contribution is 2.30. The highest BCUT2D eigenvalue weighted by molar-refractivity contribution is 9.10. The van der Waals surface area contributed by atoms with Crippen molar-refractivity contribution in [2.75, 3.05) is 18.8 Å². The molecule has 0 aromatic heterocycles. The standard InChI is InChI=1S/C14H21BrN2O2S/c1-10(2)11-5-7-17(8-6-11)20(18,19)12-3-4-13(15)14(16)9-12/h3-4,9-11H,5-8,16H2,1-2H3. The average molecular weight is 361 g/mol. The summed E-state index contributed by atoms with van der Waals surface area (Å²) in [5, 5.41) is 0. The Bertz CT molecular complexity index is 579. The number of benzene rings is 1. The maximum absolute atomic E-state index is 12.6. The molecule has 0 radical (unpaired) electrons. The van der Waals surface area contributed by atoms with Crippen LogP contribution in [0.4, 0.5) is 5.69 Å². The third-order valence-corrected chi connectivity index (χ3v) is 6.66. The molecule has 1 saturated heterocycles. The van der Waals surface area contributed by atoms with Gasteiger partial charge in [0.2, 0.25) is 10.0 Å². The molecule has 0 saturated carbocycles. The Hall–Kier alpha value is -0.590. The number of hydrogen-bond donors (Lipinski definition) is 1. The second-order valence-electron chi connectivity index (χ2n) is 5.67. The molecule has 0 amide bonds. The van der Waals surface area contributed by atoms with E-state index in [1.54, 1.807) is 16.4 Å². The van der Waals surface area contributed by atoms with Crippen LogP contribution in [-0.4, -0.2) is 25.8 Å². The van der Waals surface area contributed by atoms with E-state index in [2.05, 4.69) is 29.8 Å². The van der Waals surface area contributed by atoms with Gasteiger partial charge in [-0.2, -0.15) is 4.31 Å². The van der Waals surface area contributed by atoms with Crippen molar-refractivity contribution in [3.05, 3.63) is 22.7 Å². The minimum absolute atomic E-state index is 0.279. The minimum Gasteiger partial charge on any atom is -0.398 e. The topological polar surface area (TPSA) is 63.4 Å². The van der Waals surface area contributed by atoms with Gasteiger partial charge in [-0.25, -0.2) is 8.42 Å². The van der Waals surface area contributed by atoms with Gasteiger partial charge < -0.3 is 5.73 Å². The van der Waals surface area contributed by atoms with Crippen molar-refractivity contribution in [1.29, 1.82) is 0 Å². The van der Waals surface area contributed by atoms with Crippen LogP contribution < -0.4 is 5.73 Å². The summed E-state index contributed by atoms with van der Waals surface area (Å²) in [5.74, 6) is 1.24. The van der Waals surface area contributed by atoms with Gasteiger partial charge in [0.15, 0.2) is 0 Å². The van der Waals surface area contributed by atoms with Crippen LogP contribution in [0, 0.1) is 11.8 Å². The largest absolute Gasteiger partial charge is 0.398 e. The zero-order valence-electron chi connectivity index (χ0n) is 11.8. The fourth-order valence-corrected chi connectivity index (χ4v) is 4.37. The molecule has 112 valence electrons. The van der Waals surface area contributed by atoms with E-state index in [9.17, 15) is 8.42 Å². The van der Waals surface area contributed by atoms with Crippen LogP contribution in [-0.2, 0) is 10.0 Å². The van der Waals surface area contributed by atoms with Crippen LogP contribution in [0.2, 0.25) is 0 Å². The zero-order valence-corrected chi connectivity index (χ0v) is 14.2. The number of nitrogens with zero attached hydrogens (tertiary/aromatic N) is 1. The lowest BCUT2D eigenvalue weighted by molar-refractivity contribution is 0.226. The molecule has 6 heteroatoms. The van der Waals surface area contributed by atoms with Gasteiger partial charge in [-0.05, 0) is 58.8 Å². The molecule has 2 rings (SSSR count). The van der Waals surface area contributed by atoms with Gasteiger partial charge in [0, 0.05) is 23.2 Å². The Morgan fingerprint density at radius 2 is 1.90 bits per heavy atom. The molecular weight excluding hydrogens is 340 g/mol. The number of rotatable bonds is 3. The maximum Gasteiger partial charge on any atom is 0.243 e. The quantitative estimate of drug-likeness (QED) is 0.842. The van der Waals surface area contributed by atoms with Crippen molar-refractivity contribution in [1.82, 2.24) is 4.31 Å². The first-order valence-corrected chi connectivity index (χ1v) is 9.11. The van der Waals surface area contributed by atoms with Gasteiger partial charge in [-0.1, -0.05) is 13.8 Å². The first-order valence-electron chi connectivity index (χ1n) is 6.87. The highest BCUT2D eigenvalue weighted by atomic mass is 79.9. The van der Waals surface area contributed by atoms with Crippen molar-refractivity contribution in [3.8, 4) is 0 Å². The van der Waals surface area contributed by atoms with Gasteiger partial charge in [0.1, 0.15) is 0 Å². The molecule has 1 aliphatic heterocycles. The van der Waals surface area contributed by atoms with Crippen molar-refractivity contribution in [3.63, 3.8) is 0 Å². The van der Waals surface area contributed by atoms with E-state index in [4.69, 9.17) is 5.73 Å². The molecule has 0 atom stereocenters. The summed E-state index contributed by atoms with van der Waals surface area (Å²) in [6, 6.07) is 4.81. The minimum atomic E-state index is -3.42. The molecular formula is C14H21BrN2O2S. The molecule has 20 heavy (non-hydrogen) atoms. The monoisotopic (exact) mass is 360 g/mol. The van der Waals surface area contributed by atoms with Crippen LogP contribution in [0.5, 0.6) is 0 Å². The van der Waals surface area contributed by atoms with E-state index in [1.807, 2.05) is 0 Å². The van der Waals surface area contributed by atoms with Gasteiger partial charge >= 0.3 is 0 Å². The predicted octanol–water partition coefficient (Wildman–Crippen LogP) is 3.09. The molecule has 0 aliphatic carbocycles. The Morgan fingerprint density at radius 3 is 2.40 bits per heavy atom. The van der Waals surface area contributed by atoms with Crippen LogP contribution in [0.15, 0.2) is 27.6 Å². The van der Waals surface area contributed by atoms with E-state index in [-0.39, 0.29) is 4.90 Å². The van der Waals surface area contributed by atoms with Gasteiger partial charge in [0.05, 0.1) is 4.90 Å². The fraction of sp³-hybridized carbons (Fsp3) is 0.571. The summed E-state index contributed by atoms with van der Waals surface area (Å²) < 4.78 is 27.5. The van der Waals surface area contributed by atoms with E-state index in [0.29, 0.717) is 30.6 Å². The normalized spacial score (nSPS) is 18.6. The van der Waals surface area contributed by atoms with E-state index in [0.717, 1.165) is 17.3 Å². The molecule has 1 heterocycles.